The second kappa shape index (κ2) is 5.79. The molecule has 4 rings (SSSR count). The second-order valence-corrected chi connectivity index (χ2v) is 5.30. The molecule has 3 heterocycles. The zero-order chi connectivity index (χ0) is 18.3. The molecule has 0 unspecified atom stereocenters. The fourth-order valence-electron chi connectivity index (χ4n) is 2.33. The maximum Gasteiger partial charge on any atom is 0.417 e. The van der Waals surface area contributed by atoms with Crippen LogP contribution in [0.25, 0.3) is 5.82 Å². The van der Waals surface area contributed by atoms with Crippen molar-refractivity contribution in [3.63, 3.8) is 0 Å². The molecule has 134 valence electrons. The number of benzene rings is 1. The zero-order valence-electron chi connectivity index (χ0n) is 13.0. The molecule has 8 nitrogen and oxygen atoms in total. The Morgan fingerprint density at radius 1 is 1.12 bits per heavy atom. The highest BCUT2D eigenvalue weighted by molar-refractivity contribution is 5.60. The first-order valence-corrected chi connectivity index (χ1v) is 7.33. The topological polar surface area (TPSA) is 100 Å². The number of nitrogens with two attached hydrogens (primary N) is 1. The third kappa shape index (κ3) is 2.94. The Labute approximate surface area is 144 Å². The molecule has 3 N–H and O–H groups in total. The average molecular weight is 364 g/mol. The Bertz CT molecular complexity index is 955. The van der Waals surface area contributed by atoms with Gasteiger partial charge in [-0.05, 0) is 24.3 Å². The van der Waals surface area contributed by atoms with Crippen LogP contribution in [-0.2, 0) is 6.18 Å². The minimum Gasteiger partial charge on any atom is -0.454 e. The number of hydrogen-bond acceptors (Lipinski definition) is 7. The molecular weight excluding hydrogens is 353 g/mol. The van der Waals surface area contributed by atoms with Gasteiger partial charge in [-0.3, -0.25) is 0 Å². The van der Waals surface area contributed by atoms with Gasteiger partial charge in [-0.2, -0.15) is 22.8 Å². The number of hydrogen-bond donors (Lipinski definition) is 2. The van der Waals surface area contributed by atoms with Crippen LogP contribution in [0.1, 0.15) is 5.56 Å². The molecule has 2 aromatic heterocycles. The van der Waals surface area contributed by atoms with Crippen molar-refractivity contribution in [2.24, 2.45) is 0 Å². The first kappa shape index (κ1) is 16.0. The highest BCUT2D eigenvalue weighted by Gasteiger charge is 2.30. The molecule has 0 atom stereocenters. The van der Waals surface area contributed by atoms with E-state index in [2.05, 4.69) is 20.4 Å². The lowest BCUT2D eigenvalue weighted by Gasteiger charge is -2.07. The highest BCUT2D eigenvalue weighted by atomic mass is 19.4. The van der Waals surface area contributed by atoms with Gasteiger partial charge < -0.3 is 20.5 Å². The Morgan fingerprint density at radius 2 is 1.92 bits per heavy atom. The molecular formula is C15H11F3N6O2. The third-order valence-electron chi connectivity index (χ3n) is 3.55. The molecule has 1 aromatic carbocycles. The summed E-state index contributed by atoms with van der Waals surface area (Å²) in [5.41, 5.74) is 5.55. The van der Waals surface area contributed by atoms with Crippen LogP contribution in [0.15, 0.2) is 36.5 Å². The van der Waals surface area contributed by atoms with E-state index in [0.29, 0.717) is 23.4 Å². The largest absolute Gasteiger partial charge is 0.454 e. The quantitative estimate of drug-likeness (QED) is 0.737. The number of pyridine rings is 1. The number of nitrogens with one attached hydrogen (secondary N) is 1. The predicted molar refractivity (Wildman–Crippen MR) is 84.4 cm³/mol. The molecule has 0 bridgehead atoms. The van der Waals surface area contributed by atoms with E-state index in [0.717, 1.165) is 16.8 Å². The number of alkyl halides is 3. The fraction of sp³-hybridized carbons (Fsp3) is 0.133. The molecule has 0 radical (unpaired) electrons. The summed E-state index contributed by atoms with van der Waals surface area (Å²) in [7, 11) is 0. The van der Waals surface area contributed by atoms with Gasteiger partial charge in [-0.15, -0.1) is 5.10 Å². The van der Waals surface area contributed by atoms with Crippen LogP contribution >= 0.6 is 0 Å². The molecule has 11 heteroatoms. The first-order chi connectivity index (χ1) is 12.4. The van der Waals surface area contributed by atoms with Crippen molar-refractivity contribution in [1.29, 1.82) is 0 Å². The number of rotatable bonds is 3. The molecule has 1 aliphatic heterocycles. The summed E-state index contributed by atoms with van der Waals surface area (Å²) in [5, 5.41) is 7.05. The molecule has 0 saturated carbocycles. The van der Waals surface area contributed by atoms with Crippen LogP contribution in [-0.4, -0.2) is 26.5 Å². The van der Waals surface area contributed by atoms with Gasteiger partial charge in [0.2, 0.25) is 18.7 Å². The summed E-state index contributed by atoms with van der Waals surface area (Å²) in [4.78, 5) is 7.77. The van der Waals surface area contributed by atoms with Gasteiger partial charge in [0.25, 0.3) is 0 Å². The van der Waals surface area contributed by atoms with E-state index < -0.39 is 11.7 Å². The van der Waals surface area contributed by atoms with Gasteiger partial charge in [-0.1, -0.05) is 0 Å². The number of anilines is 3. The summed E-state index contributed by atoms with van der Waals surface area (Å²) in [5.74, 6) is 1.44. The SMILES string of the molecule is Nc1nc(Nc2ccc3c(c2)OCO3)nn1-c1ccc(C(F)(F)F)cn1. The number of fused-ring (bicyclic) bond motifs is 1. The molecule has 0 spiro atoms. The maximum atomic E-state index is 12.6. The normalized spacial score (nSPS) is 13.0. The maximum absolute atomic E-state index is 12.6. The van der Waals surface area contributed by atoms with Gasteiger partial charge in [-0.25, -0.2) is 4.98 Å². The van der Waals surface area contributed by atoms with Crippen molar-refractivity contribution in [3.05, 3.63) is 42.1 Å². The lowest BCUT2D eigenvalue weighted by molar-refractivity contribution is -0.137. The van der Waals surface area contributed by atoms with Crippen molar-refractivity contribution >= 4 is 17.6 Å². The standard InChI is InChI=1S/C15H11F3N6O2/c16-15(17,18)8-1-4-12(20-6-8)24-13(19)22-14(23-24)21-9-2-3-10-11(5-9)26-7-25-10/h1-6H,7H2,(H3,19,21,22,23). The van der Waals surface area contributed by atoms with Crippen molar-refractivity contribution < 1.29 is 22.6 Å². The Hall–Kier alpha value is -3.50. The van der Waals surface area contributed by atoms with Crippen molar-refractivity contribution in [1.82, 2.24) is 19.7 Å². The number of aromatic nitrogens is 4. The Balaban J connectivity index is 1.57. The monoisotopic (exact) mass is 364 g/mol. The zero-order valence-corrected chi connectivity index (χ0v) is 13.0. The molecule has 0 saturated heterocycles. The summed E-state index contributed by atoms with van der Waals surface area (Å²) in [6.07, 6.45) is -3.76. The van der Waals surface area contributed by atoms with E-state index in [4.69, 9.17) is 15.2 Å². The van der Waals surface area contributed by atoms with Crippen LogP contribution in [0.5, 0.6) is 11.5 Å². The third-order valence-corrected chi connectivity index (χ3v) is 3.55. The van der Waals surface area contributed by atoms with Gasteiger partial charge >= 0.3 is 6.18 Å². The van der Waals surface area contributed by atoms with Gasteiger partial charge in [0.1, 0.15) is 0 Å². The van der Waals surface area contributed by atoms with Crippen LogP contribution in [0, 0.1) is 0 Å². The number of nitrogens with zero attached hydrogens (tertiary/aromatic N) is 4. The van der Waals surface area contributed by atoms with E-state index in [1.165, 1.54) is 0 Å². The molecule has 26 heavy (non-hydrogen) atoms. The number of ether oxygens (including phenoxy) is 2. The molecule has 1 aliphatic rings. The fourth-order valence-corrected chi connectivity index (χ4v) is 2.33. The molecule has 0 amide bonds. The summed E-state index contributed by atoms with van der Waals surface area (Å²) in [6.45, 7) is 0.151. The minimum atomic E-state index is -4.47. The molecule has 3 aromatic rings. The second-order valence-electron chi connectivity index (χ2n) is 5.30. The lowest BCUT2D eigenvalue weighted by Crippen LogP contribution is -2.08. The van der Waals surface area contributed by atoms with Crippen LogP contribution < -0.4 is 20.5 Å². The van der Waals surface area contributed by atoms with E-state index in [-0.39, 0.29) is 24.5 Å². The van der Waals surface area contributed by atoms with Crippen LogP contribution in [0.3, 0.4) is 0 Å². The van der Waals surface area contributed by atoms with Gasteiger partial charge in [0.15, 0.2) is 17.3 Å². The average Bonchev–Trinajstić information content (AvgIpc) is 3.20. The molecule has 0 fully saturated rings. The van der Waals surface area contributed by atoms with E-state index in [1.807, 2.05) is 0 Å². The van der Waals surface area contributed by atoms with Crippen molar-refractivity contribution in [3.8, 4) is 17.3 Å². The van der Waals surface area contributed by atoms with E-state index >= 15 is 0 Å². The van der Waals surface area contributed by atoms with Crippen molar-refractivity contribution in [2.75, 3.05) is 17.8 Å². The van der Waals surface area contributed by atoms with Gasteiger partial charge in [0.05, 0.1) is 5.56 Å². The van der Waals surface area contributed by atoms with E-state index in [1.54, 1.807) is 18.2 Å². The predicted octanol–water partition coefficient (Wildman–Crippen LogP) is 2.74. The number of halogens is 3. The lowest BCUT2D eigenvalue weighted by atomic mass is 10.3. The summed E-state index contributed by atoms with van der Waals surface area (Å²) >= 11 is 0. The molecule has 0 aliphatic carbocycles. The highest BCUT2D eigenvalue weighted by Crippen LogP contribution is 2.35. The summed E-state index contributed by atoms with van der Waals surface area (Å²) in [6, 6.07) is 7.23. The van der Waals surface area contributed by atoms with Crippen LogP contribution in [0.4, 0.5) is 30.8 Å². The summed E-state index contributed by atoms with van der Waals surface area (Å²) < 4.78 is 49.5. The number of nitrogen functional groups attached to an aromatic ring is 1. The Morgan fingerprint density at radius 3 is 2.65 bits per heavy atom. The van der Waals surface area contributed by atoms with E-state index in [9.17, 15) is 13.2 Å². The Kier molecular flexibility index (Phi) is 3.56. The smallest absolute Gasteiger partial charge is 0.417 e. The first-order valence-electron chi connectivity index (χ1n) is 7.33. The van der Waals surface area contributed by atoms with Crippen molar-refractivity contribution in [2.45, 2.75) is 6.18 Å². The minimum absolute atomic E-state index is 0.0273. The van der Waals surface area contributed by atoms with Crippen LogP contribution in [0.2, 0.25) is 0 Å². The van der Waals surface area contributed by atoms with Gasteiger partial charge in [0, 0.05) is 18.0 Å².